The van der Waals surface area contributed by atoms with E-state index in [0.29, 0.717) is 42.5 Å². The molecule has 0 bridgehead atoms. The third-order valence-corrected chi connectivity index (χ3v) is 4.79. The molecule has 0 saturated heterocycles. The molecule has 10 heteroatoms. The molecule has 4 N–H and O–H groups in total. The Kier molecular flexibility index (Phi) is 9.12. The molecule has 7 nitrogen and oxygen atoms in total. The molecule has 0 aliphatic carbocycles. The molecule has 0 heterocycles. The Morgan fingerprint density at radius 3 is 1.97 bits per heavy atom. The molecule has 0 fully saturated rings. The highest BCUT2D eigenvalue weighted by molar-refractivity contribution is 6.09. The van der Waals surface area contributed by atoms with Gasteiger partial charge in [0.1, 0.15) is 0 Å². The molecule has 0 aliphatic rings. The average molecular weight is 466 g/mol. The number of hydrogen-bond donors (Lipinski definition) is 4. The van der Waals surface area contributed by atoms with Gasteiger partial charge >= 0.3 is 12.0 Å². The van der Waals surface area contributed by atoms with Crippen molar-refractivity contribution in [1.29, 1.82) is 0 Å². The molecule has 0 saturated carbocycles. The van der Waals surface area contributed by atoms with E-state index in [9.17, 15) is 27.6 Å². The highest BCUT2D eigenvalue weighted by Gasteiger charge is 2.58. The fourth-order valence-electron chi connectivity index (χ4n) is 2.90. The van der Waals surface area contributed by atoms with Crippen LogP contribution in [0, 0.1) is 0 Å². The standard InChI is InChI=1S/C23H25F3N2O5/c24-23(25,26)22(32,33)21(31)27-15-7-2-1-6-10-19(29)28-18-13-11-17(12-14-18)20(30)16-8-4-3-5-9-16/h3-5,8-9,11-14,32-33H,1-2,6-7,10,15H2,(H,27,31)(H,28,29). The van der Waals surface area contributed by atoms with Crippen molar-refractivity contribution < 1.29 is 37.8 Å². The summed E-state index contributed by atoms with van der Waals surface area (Å²) < 4.78 is 36.9. The summed E-state index contributed by atoms with van der Waals surface area (Å²) in [6.45, 7) is -0.155. The number of benzene rings is 2. The van der Waals surface area contributed by atoms with Gasteiger partial charge in [0.15, 0.2) is 5.78 Å². The Labute approximate surface area is 188 Å². The number of nitrogens with one attached hydrogen (secondary N) is 2. The van der Waals surface area contributed by atoms with Crippen LogP contribution in [0.3, 0.4) is 0 Å². The Hall–Kier alpha value is -3.24. The number of amides is 2. The number of alkyl halides is 3. The fraction of sp³-hybridized carbons (Fsp3) is 0.348. The third-order valence-electron chi connectivity index (χ3n) is 4.79. The highest BCUT2D eigenvalue weighted by Crippen LogP contribution is 2.28. The molecule has 0 aromatic heterocycles. The Balaban J connectivity index is 1.64. The third kappa shape index (κ3) is 7.69. The van der Waals surface area contributed by atoms with E-state index in [1.165, 1.54) is 0 Å². The maximum Gasteiger partial charge on any atom is 0.453 e. The van der Waals surface area contributed by atoms with Crippen LogP contribution < -0.4 is 10.6 Å². The zero-order valence-corrected chi connectivity index (χ0v) is 17.7. The maximum atomic E-state index is 12.4. The molecule has 0 spiro atoms. The molecule has 2 aromatic rings. The predicted octanol–water partition coefficient (Wildman–Crippen LogP) is 3.17. The van der Waals surface area contributed by atoms with Crippen molar-refractivity contribution >= 4 is 23.3 Å². The summed E-state index contributed by atoms with van der Waals surface area (Å²) in [5.41, 5.74) is 1.62. The zero-order chi connectivity index (χ0) is 24.5. The van der Waals surface area contributed by atoms with Gasteiger partial charge in [-0.1, -0.05) is 43.2 Å². The van der Waals surface area contributed by atoms with E-state index in [4.69, 9.17) is 10.2 Å². The summed E-state index contributed by atoms with van der Waals surface area (Å²) in [4.78, 5) is 35.6. The second-order valence-corrected chi connectivity index (χ2v) is 7.41. The number of ketones is 1. The van der Waals surface area contributed by atoms with E-state index in [1.807, 2.05) is 11.4 Å². The smallest absolute Gasteiger partial charge is 0.351 e. The number of anilines is 1. The van der Waals surface area contributed by atoms with Crippen molar-refractivity contribution in [3.05, 3.63) is 65.7 Å². The van der Waals surface area contributed by atoms with Gasteiger partial charge in [0.05, 0.1) is 0 Å². The van der Waals surface area contributed by atoms with E-state index < -0.39 is 17.9 Å². The first-order valence-corrected chi connectivity index (χ1v) is 10.3. The van der Waals surface area contributed by atoms with Gasteiger partial charge in [-0.2, -0.15) is 13.2 Å². The first kappa shape index (κ1) is 26.0. The lowest BCUT2D eigenvalue weighted by atomic mass is 10.0. The topological polar surface area (TPSA) is 116 Å². The largest absolute Gasteiger partial charge is 0.453 e. The minimum atomic E-state index is -5.48. The fourth-order valence-corrected chi connectivity index (χ4v) is 2.90. The molecule has 2 amide bonds. The van der Waals surface area contributed by atoms with Gasteiger partial charge in [0.2, 0.25) is 5.91 Å². The van der Waals surface area contributed by atoms with Crippen LogP contribution in [-0.2, 0) is 9.59 Å². The van der Waals surface area contributed by atoms with E-state index >= 15 is 0 Å². The van der Waals surface area contributed by atoms with Gasteiger partial charge < -0.3 is 20.8 Å². The van der Waals surface area contributed by atoms with Crippen molar-refractivity contribution in [2.45, 2.75) is 44.1 Å². The molecule has 0 aliphatic heterocycles. The van der Waals surface area contributed by atoms with E-state index in [0.717, 1.165) is 0 Å². The van der Waals surface area contributed by atoms with Gasteiger partial charge in [-0.05, 0) is 37.1 Å². The molecular weight excluding hydrogens is 441 g/mol. The van der Waals surface area contributed by atoms with Gasteiger partial charge in [-0.25, -0.2) is 0 Å². The lowest BCUT2D eigenvalue weighted by Crippen LogP contribution is -2.57. The molecule has 0 atom stereocenters. The second-order valence-electron chi connectivity index (χ2n) is 7.41. The van der Waals surface area contributed by atoms with Crippen molar-refractivity contribution in [2.24, 2.45) is 0 Å². The van der Waals surface area contributed by atoms with Crippen LogP contribution in [0.4, 0.5) is 18.9 Å². The first-order chi connectivity index (χ1) is 15.5. The van der Waals surface area contributed by atoms with E-state index in [-0.39, 0.29) is 24.7 Å². The molecule has 33 heavy (non-hydrogen) atoms. The molecule has 178 valence electrons. The predicted molar refractivity (Wildman–Crippen MR) is 114 cm³/mol. The molecule has 0 radical (unpaired) electrons. The monoisotopic (exact) mass is 466 g/mol. The van der Waals surface area contributed by atoms with Crippen LogP contribution >= 0.6 is 0 Å². The molecule has 2 rings (SSSR count). The summed E-state index contributed by atoms with van der Waals surface area (Å²) in [7, 11) is 0. The summed E-state index contributed by atoms with van der Waals surface area (Å²) in [6, 6.07) is 15.4. The Morgan fingerprint density at radius 1 is 0.788 bits per heavy atom. The van der Waals surface area contributed by atoms with Gasteiger partial charge in [0.25, 0.3) is 5.91 Å². The molecular formula is C23H25F3N2O5. The summed E-state index contributed by atoms with van der Waals surface area (Å²) in [5.74, 6) is -6.68. The average Bonchev–Trinajstić information content (AvgIpc) is 2.78. The minimum absolute atomic E-state index is 0.119. The number of carbonyl (C=O) groups is 3. The van der Waals surface area contributed by atoms with E-state index in [1.54, 1.807) is 48.5 Å². The van der Waals surface area contributed by atoms with Crippen LogP contribution in [0.2, 0.25) is 0 Å². The van der Waals surface area contributed by atoms with Crippen LogP contribution in [0.5, 0.6) is 0 Å². The van der Waals surface area contributed by atoms with Crippen LogP contribution in [-0.4, -0.2) is 46.3 Å². The van der Waals surface area contributed by atoms with Gasteiger partial charge in [0, 0.05) is 29.8 Å². The van der Waals surface area contributed by atoms with Crippen LogP contribution in [0.1, 0.15) is 48.0 Å². The zero-order valence-electron chi connectivity index (χ0n) is 17.7. The van der Waals surface area contributed by atoms with Crippen molar-refractivity contribution in [3.8, 4) is 0 Å². The number of carbonyl (C=O) groups excluding carboxylic acids is 3. The SMILES string of the molecule is O=C(CCCCCCNC(=O)C(O)(O)C(F)(F)F)Nc1ccc(C(=O)c2ccccc2)cc1. The lowest BCUT2D eigenvalue weighted by Gasteiger charge is -2.22. The van der Waals surface area contributed by atoms with Crippen molar-refractivity contribution in [1.82, 2.24) is 5.32 Å². The van der Waals surface area contributed by atoms with Crippen LogP contribution in [0.15, 0.2) is 54.6 Å². The van der Waals surface area contributed by atoms with Crippen LogP contribution in [0.25, 0.3) is 0 Å². The van der Waals surface area contributed by atoms with Gasteiger partial charge in [-0.15, -0.1) is 0 Å². The quantitative estimate of drug-likeness (QED) is 0.231. The molecule has 2 aromatic carbocycles. The normalized spacial score (nSPS) is 11.7. The second kappa shape index (κ2) is 11.6. The van der Waals surface area contributed by atoms with Crippen molar-refractivity contribution in [3.63, 3.8) is 0 Å². The number of aliphatic hydroxyl groups is 2. The number of unbranched alkanes of at least 4 members (excludes halogenated alkanes) is 3. The van der Waals surface area contributed by atoms with Crippen molar-refractivity contribution in [2.75, 3.05) is 11.9 Å². The summed E-state index contributed by atoms with van der Waals surface area (Å²) in [6.07, 6.45) is -3.30. The number of hydrogen-bond acceptors (Lipinski definition) is 5. The van der Waals surface area contributed by atoms with Gasteiger partial charge in [-0.3, -0.25) is 14.4 Å². The first-order valence-electron chi connectivity index (χ1n) is 10.3. The Morgan fingerprint density at radius 2 is 1.36 bits per heavy atom. The summed E-state index contributed by atoms with van der Waals surface area (Å²) in [5, 5.41) is 22.1. The minimum Gasteiger partial charge on any atom is -0.351 e. The number of rotatable bonds is 11. The maximum absolute atomic E-state index is 12.4. The highest BCUT2D eigenvalue weighted by atomic mass is 19.4. The lowest BCUT2D eigenvalue weighted by molar-refractivity contribution is -0.328. The molecule has 0 unspecified atom stereocenters. The Bertz CT molecular complexity index is 945. The van der Waals surface area contributed by atoms with E-state index in [2.05, 4.69) is 5.32 Å². The summed E-state index contributed by atoms with van der Waals surface area (Å²) >= 11 is 0. The number of halogens is 3.